The molecule has 0 bridgehead atoms. The minimum Gasteiger partial charge on any atom is -0.374 e. The Morgan fingerprint density at radius 3 is 2.93 bits per heavy atom. The fourth-order valence-electron chi connectivity index (χ4n) is 1.84. The van der Waals surface area contributed by atoms with E-state index in [0.29, 0.717) is 6.54 Å². The number of ether oxygens (including phenoxy) is 1. The van der Waals surface area contributed by atoms with E-state index in [-0.39, 0.29) is 12.0 Å². The van der Waals surface area contributed by atoms with Crippen LogP contribution in [0.2, 0.25) is 0 Å². The number of carbonyl (C=O) groups excluding carboxylic acids is 1. The molecule has 1 atom stereocenters. The first kappa shape index (κ1) is 12.5. The quantitative estimate of drug-likeness (QED) is 0.686. The summed E-state index contributed by atoms with van der Waals surface area (Å²) in [6.07, 6.45) is 1.36. The smallest absolute Gasteiger partial charge is 0.219 e. The largest absolute Gasteiger partial charge is 0.374 e. The van der Waals surface area contributed by atoms with Crippen molar-refractivity contribution < 1.29 is 9.53 Å². The van der Waals surface area contributed by atoms with Crippen LogP contribution in [0.3, 0.4) is 0 Å². The minimum absolute atomic E-state index is 0.103. The second-order valence-electron chi connectivity index (χ2n) is 4.19. The summed E-state index contributed by atoms with van der Waals surface area (Å²) in [5, 5.41) is 0. The Bertz CT molecular complexity index is 207. The molecule has 4 nitrogen and oxygen atoms in total. The molecule has 1 fully saturated rings. The average molecular weight is 214 g/mol. The van der Waals surface area contributed by atoms with E-state index in [4.69, 9.17) is 4.74 Å². The molecule has 15 heavy (non-hydrogen) atoms. The van der Waals surface area contributed by atoms with E-state index in [9.17, 15) is 4.79 Å². The van der Waals surface area contributed by atoms with E-state index in [1.807, 2.05) is 7.05 Å². The van der Waals surface area contributed by atoms with Crippen molar-refractivity contribution in [3.63, 3.8) is 0 Å². The third-order valence-corrected chi connectivity index (χ3v) is 2.78. The van der Waals surface area contributed by atoms with Crippen molar-refractivity contribution in [1.29, 1.82) is 0 Å². The van der Waals surface area contributed by atoms with Gasteiger partial charge in [0.05, 0.1) is 12.7 Å². The van der Waals surface area contributed by atoms with E-state index in [2.05, 4.69) is 11.8 Å². The summed E-state index contributed by atoms with van der Waals surface area (Å²) >= 11 is 0. The molecule has 1 aliphatic heterocycles. The minimum atomic E-state index is 0.103. The summed E-state index contributed by atoms with van der Waals surface area (Å²) in [5.74, 6) is 0.103. The van der Waals surface area contributed by atoms with Crippen LogP contribution in [0.1, 0.15) is 20.3 Å². The Morgan fingerprint density at radius 2 is 2.33 bits per heavy atom. The fraction of sp³-hybridized carbons (Fsp3) is 0.909. The lowest BCUT2D eigenvalue weighted by atomic mass is 10.2. The normalized spacial score (nSPS) is 22.7. The Morgan fingerprint density at radius 1 is 1.60 bits per heavy atom. The average Bonchev–Trinajstić information content (AvgIpc) is 2.18. The summed E-state index contributed by atoms with van der Waals surface area (Å²) in [6, 6.07) is 0. The van der Waals surface area contributed by atoms with E-state index in [1.54, 1.807) is 11.8 Å². The third-order valence-electron chi connectivity index (χ3n) is 2.78. The number of hydrogen-bond donors (Lipinski definition) is 0. The molecule has 0 aromatic rings. The topological polar surface area (TPSA) is 32.8 Å². The van der Waals surface area contributed by atoms with Crippen LogP contribution < -0.4 is 0 Å². The predicted octanol–water partition coefficient (Wildman–Crippen LogP) is 0.575. The van der Waals surface area contributed by atoms with Crippen molar-refractivity contribution in [2.45, 2.75) is 26.4 Å². The van der Waals surface area contributed by atoms with Crippen LogP contribution in [-0.4, -0.2) is 61.6 Å². The van der Waals surface area contributed by atoms with Crippen LogP contribution in [0.25, 0.3) is 0 Å². The van der Waals surface area contributed by atoms with Crippen LogP contribution in [0.4, 0.5) is 0 Å². The molecule has 1 amide bonds. The van der Waals surface area contributed by atoms with Gasteiger partial charge in [0.2, 0.25) is 5.91 Å². The fourth-order valence-corrected chi connectivity index (χ4v) is 1.84. The molecule has 0 aromatic carbocycles. The Balaban J connectivity index is 2.32. The molecule has 0 unspecified atom stereocenters. The number of nitrogens with zero attached hydrogens (tertiary/aromatic N) is 2. The van der Waals surface area contributed by atoms with E-state index in [0.717, 1.165) is 26.2 Å². The lowest BCUT2D eigenvalue weighted by Gasteiger charge is -2.34. The SMILES string of the molecule is CCCN1CCO[C@H](CN(C)C(C)=O)C1. The Kier molecular flexibility index (Phi) is 5.05. The maximum Gasteiger partial charge on any atom is 0.219 e. The first-order valence-corrected chi connectivity index (χ1v) is 5.69. The van der Waals surface area contributed by atoms with Crippen molar-refractivity contribution in [2.24, 2.45) is 0 Å². The van der Waals surface area contributed by atoms with Crippen LogP contribution in [-0.2, 0) is 9.53 Å². The lowest BCUT2D eigenvalue weighted by Crippen LogP contribution is -2.47. The van der Waals surface area contributed by atoms with Gasteiger partial charge in [-0.25, -0.2) is 0 Å². The summed E-state index contributed by atoms with van der Waals surface area (Å²) in [6.45, 7) is 8.37. The zero-order chi connectivity index (χ0) is 11.3. The highest BCUT2D eigenvalue weighted by molar-refractivity contribution is 5.72. The zero-order valence-corrected chi connectivity index (χ0v) is 10.0. The Hall–Kier alpha value is -0.610. The van der Waals surface area contributed by atoms with Gasteiger partial charge < -0.3 is 9.64 Å². The van der Waals surface area contributed by atoms with E-state index in [1.165, 1.54) is 6.42 Å². The molecule has 0 aliphatic carbocycles. The highest BCUT2D eigenvalue weighted by Gasteiger charge is 2.21. The summed E-state index contributed by atoms with van der Waals surface area (Å²) < 4.78 is 5.64. The predicted molar refractivity (Wildman–Crippen MR) is 59.8 cm³/mol. The van der Waals surface area contributed by atoms with E-state index >= 15 is 0 Å². The van der Waals surface area contributed by atoms with Gasteiger partial charge in [-0.1, -0.05) is 6.92 Å². The zero-order valence-electron chi connectivity index (χ0n) is 10.0. The molecule has 1 saturated heterocycles. The monoisotopic (exact) mass is 214 g/mol. The Labute approximate surface area is 92.2 Å². The van der Waals surface area contributed by atoms with Crippen LogP contribution in [0.5, 0.6) is 0 Å². The van der Waals surface area contributed by atoms with E-state index < -0.39 is 0 Å². The number of morpholine rings is 1. The van der Waals surface area contributed by atoms with Crippen molar-refractivity contribution in [2.75, 3.05) is 39.8 Å². The molecule has 0 N–H and O–H groups in total. The first-order valence-electron chi connectivity index (χ1n) is 5.69. The maximum absolute atomic E-state index is 11.1. The summed E-state index contributed by atoms with van der Waals surface area (Å²) in [7, 11) is 1.82. The summed E-state index contributed by atoms with van der Waals surface area (Å²) in [4.78, 5) is 15.2. The van der Waals surface area contributed by atoms with Crippen molar-refractivity contribution in [3.8, 4) is 0 Å². The molecule has 0 aromatic heterocycles. The van der Waals surface area contributed by atoms with Crippen molar-refractivity contribution in [3.05, 3.63) is 0 Å². The molecular weight excluding hydrogens is 192 g/mol. The molecule has 1 heterocycles. The second-order valence-corrected chi connectivity index (χ2v) is 4.19. The van der Waals surface area contributed by atoms with Gasteiger partial charge in [0.25, 0.3) is 0 Å². The second kappa shape index (κ2) is 6.08. The van der Waals surface area contributed by atoms with Crippen molar-refractivity contribution in [1.82, 2.24) is 9.80 Å². The van der Waals surface area contributed by atoms with Gasteiger partial charge in [0.15, 0.2) is 0 Å². The van der Waals surface area contributed by atoms with Crippen molar-refractivity contribution >= 4 is 5.91 Å². The number of rotatable bonds is 4. The first-order chi connectivity index (χ1) is 7.13. The highest BCUT2D eigenvalue weighted by atomic mass is 16.5. The van der Waals surface area contributed by atoms with Crippen LogP contribution in [0, 0.1) is 0 Å². The number of hydrogen-bond acceptors (Lipinski definition) is 3. The molecule has 0 saturated carbocycles. The van der Waals surface area contributed by atoms with Gasteiger partial charge in [-0.3, -0.25) is 9.69 Å². The summed E-state index contributed by atoms with van der Waals surface area (Å²) in [5.41, 5.74) is 0. The molecular formula is C11H22N2O2. The number of amides is 1. The third kappa shape index (κ3) is 4.18. The molecule has 0 radical (unpaired) electrons. The molecule has 0 spiro atoms. The van der Waals surface area contributed by atoms with Gasteiger partial charge in [0.1, 0.15) is 0 Å². The van der Waals surface area contributed by atoms with Crippen LogP contribution >= 0.6 is 0 Å². The van der Waals surface area contributed by atoms with Gasteiger partial charge in [0, 0.05) is 33.6 Å². The maximum atomic E-state index is 11.1. The number of likely N-dealkylation sites (N-methyl/N-ethyl adjacent to an activating group) is 1. The highest BCUT2D eigenvalue weighted by Crippen LogP contribution is 2.06. The molecule has 4 heteroatoms. The van der Waals surface area contributed by atoms with Gasteiger partial charge >= 0.3 is 0 Å². The van der Waals surface area contributed by atoms with Gasteiger partial charge in [-0.2, -0.15) is 0 Å². The molecule has 1 rings (SSSR count). The standard InChI is InChI=1S/C11H22N2O2/c1-4-5-13-6-7-15-11(9-13)8-12(3)10(2)14/h11H,4-9H2,1-3H3/t11-/m1/s1. The van der Waals surface area contributed by atoms with Gasteiger partial charge in [-0.05, 0) is 13.0 Å². The molecule has 88 valence electrons. The van der Waals surface area contributed by atoms with Crippen LogP contribution in [0.15, 0.2) is 0 Å². The van der Waals surface area contributed by atoms with Gasteiger partial charge in [-0.15, -0.1) is 0 Å². The number of carbonyl (C=O) groups is 1. The lowest BCUT2D eigenvalue weighted by molar-refractivity contribution is -0.130. The molecule has 1 aliphatic rings.